The normalized spacial score (nSPS) is 24.1. The zero-order valence-corrected chi connectivity index (χ0v) is 19.6. The zero-order valence-electron chi connectivity index (χ0n) is 19.6. The summed E-state index contributed by atoms with van der Waals surface area (Å²) in [6, 6.07) is 4.47. The lowest BCUT2D eigenvalue weighted by molar-refractivity contribution is -0.184. The van der Waals surface area contributed by atoms with E-state index in [0.29, 0.717) is 24.7 Å². The standard InChI is InChI=1S/C25H30N6O4/c32-25(15-34-16-25)17-13-28-24(29-14-17)30-18-1-3-20(4-2-18)35-22-12-19(31-7-9-33-10-8-31)11-21-23(22)27-6-5-26-21/h5-6,11-14,18,20,32H,1-4,7-10,15-16H2,(H,28,29,30). The van der Waals surface area contributed by atoms with Gasteiger partial charge >= 0.3 is 0 Å². The fourth-order valence-corrected chi connectivity index (χ4v) is 4.91. The maximum absolute atomic E-state index is 10.3. The van der Waals surface area contributed by atoms with Crippen LogP contribution in [-0.2, 0) is 15.1 Å². The molecule has 0 unspecified atom stereocenters. The van der Waals surface area contributed by atoms with E-state index in [1.807, 2.05) is 0 Å². The highest BCUT2D eigenvalue weighted by atomic mass is 16.5. The molecular weight excluding hydrogens is 448 g/mol. The number of aliphatic hydroxyl groups is 1. The zero-order chi connectivity index (χ0) is 23.7. The van der Waals surface area contributed by atoms with Crippen molar-refractivity contribution < 1.29 is 19.3 Å². The molecule has 3 aromatic rings. The maximum atomic E-state index is 10.3. The van der Waals surface area contributed by atoms with Gasteiger partial charge in [0.1, 0.15) is 16.9 Å². The van der Waals surface area contributed by atoms with E-state index in [4.69, 9.17) is 14.2 Å². The first kappa shape index (κ1) is 22.4. The summed E-state index contributed by atoms with van der Waals surface area (Å²) in [6.07, 6.45) is 10.7. The predicted octanol–water partition coefficient (Wildman–Crippen LogP) is 2.28. The van der Waals surface area contributed by atoms with Gasteiger partial charge in [0.15, 0.2) is 0 Å². The molecule has 10 nitrogen and oxygen atoms in total. The third-order valence-electron chi connectivity index (χ3n) is 7.07. The van der Waals surface area contributed by atoms with Crippen molar-refractivity contribution in [2.24, 2.45) is 0 Å². The largest absolute Gasteiger partial charge is 0.488 e. The molecule has 6 rings (SSSR count). The number of aromatic nitrogens is 4. The van der Waals surface area contributed by atoms with Crippen LogP contribution in [0.2, 0.25) is 0 Å². The number of rotatable bonds is 6. The van der Waals surface area contributed by atoms with Crippen LogP contribution in [0.3, 0.4) is 0 Å². The quantitative estimate of drug-likeness (QED) is 0.547. The minimum absolute atomic E-state index is 0.120. The first-order valence-electron chi connectivity index (χ1n) is 12.3. The summed E-state index contributed by atoms with van der Waals surface area (Å²) < 4.78 is 17.1. The van der Waals surface area contributed by atoms with Gasteiger partial charge in [-0.1, -0.05) is 0 Å². The molecule has 1 aliphatic carbocycles. The fourth-order valence-electron chi connectivity index (χ4n) is 4.91. The summed E-state index contributed by atoms with van der Waals surface area (Å²) in [4.78, 5) is 20.2. The molecule has 10 heteroatoms. The highest BCUT2D eigenvalue weighted by Gasteiger charge is 2.38. The van der Waals surface area contributed by atoms with Crippen molar-refractivity contribution in [2.45, 2.75) is 43.4 Å². The second-order valence-electron chi connectivity index (χ2n) is 9.52. The number of morpholine rings is 1. The smallest absolute Gasteiger partial charge is 0.222 e. The van der Waals surface area contributed by atoms with Crippen molar-refractivity contribution in [3.8, 4) is 5.75 Å². The number of fused-ring (bicyclic) bond motifs is 1. The Hall–Kier alpha value is -3.08. The van der Waals surface area contributed by atoms with Gasteiger partial charge in [-0.3, -0.25) is 4.98 Å². The van der Waals surface area contributed by atoms with Gasteiger partial charge in [0.25, 0.3) is 0 Å². The topological polar surface area (TPSA) is 115 Å². The molecule has 2 N–H and O–H groups in total. The number of benzene rings is 1. The third-order valence-corrected chi connectivity index (χ3v) is 7.07. The second kappa shape index (κ2) is 9.52. The van der Waals surface area contributed by atoms with Gasteiger partial charge in [0.2, 0.25) is 5.95 Å². The van der Waals surface area contributed by atoms with Crippen molar-refractivity contribution in [3.05, 3.63) is 42.5 Å². The molecule has 0 amide bonds. The molecule has 2 aliphatic heterocycles. The maximum Gasteiger partial charge on any atom is 0.222 e. The van der Waals surface area contributed by atoms with Crippen LogP contribution in [-0.4, -0.2) is 76.7 Å². The number of hydrogen-bond donors (Lipinski definition) is 2. The first-order chi connectivity index (χ1) is 17.2. The molecule has 0 radical (unpaired) electrons. The average Bonchev–Trinajstić information content (AvgIpc) is 2.89. The van der Waals surface area contributed by atoms with Gasteiger partial charge in [0.05, 0.1) is 38.0 Å². The molecular formula is C25H30N6O4. The lowest BCUT2D eigenvalue weighted by atomic mass is 9.93. The number of nitrogens with zero attached hydrogens (tertiary/aromatic N) is 5. The van der Waals surface area contributed by atoms with Crippen molar-refractivity contribution in [3.63, 3.8) is 0 Å². The van der Waals surface area contributed by atoms with E-state index < -0.39 is 5.60 Å². The van der Waals surface area contributed by atoms with Gasteiger partial charge in [-0.05, 0) is 31.7 Å². The van der Waals surface area contributed by atoms with E-state index in [2.05, 4.69) is 42.3 Å². The Bertz CT molecular complexity index is 1160. The van der Waals surface area contributed by atoms with E-state index in [1.54, 1.807) is 24.8 Å². The Labute approximate surface area is 203 Å². The molecule has 0 atom stereocenters. The second-order valence-corrected chi connectivity index (χ2v) is 9.52. The van der Waals surface area contributed by atoms with E-state index >= 15 is 0 Å². The highest BCUT2D eigenvalue weighted by molar-refractivity contribution is 5.85. The monoisotopic (exact) mass is 478 g/mol. The number of nitrogens with one attached hydrogen (secondary N) is 1. The van der Waals surface area contributed by atoms with Crippen LogP contribution < -0.4 is 15.0 Å². The minimum Gasteiger partial charge on any atom is -0.488 e. The van der Waals surface area contributed by atoms with Crippen LogP contribution in [0.25, 0.3) is 11.0 Å². The molecule has 4 heterocycles. The Kier molecular flexibility index (Phi) is 6.09. The van der Waals surface area contributed by atoms with Crippen LogP contribution in [0.1, 0.15) is 31.2 Å². The molecule has 2 aromatic heterocycles. The van der Waals surface area contributed by atoms with Crippen LogP contribution in [0.5, 0.6) is 5.75 Å². The molecule has 3 fully saturated rings. The van der Waals surface area contributed by atoms with Crippen molar-refractivity contribution in [1.82, 2.24) is 19.9 Å². The first-order valence-corrected chi connectivity index (χ1v) is 12.3. The fraction of sp³-hybridized carbons (Fsp3) is 0.520. The van der Waals surface area contributed by atoms with Crippen molar-refractivity contribution in [2.75, 3.05) is 49.7 Å². The summed E-state index contributed by atoms with van der Waals surface area (Å²) in [5.74, 6) is 1.38. The number of hydrogen-bond acceptors (Lipinski definition) is 10. The average molecular weight is 479 g/mol. The lowest BCUT2D eigenvalue weighted by Crippen LogP contribution is -2.46. The van der Waals surface area contributed by atoms with E-state index in [0.717, 1.165) is 74.5 Å². The van der Waals surface area contributed by atoms with Crippen molar-refractivity contribution >= 4 is 22.7 Å². The van der Waals surface area contributed by atoms with Crippen LogP contribution >= 0.6 is 0 Å². The summed E-state index contributed by atoms with van der Waals surface area (Å²) in [5, 5.41) is 13.8. The van der Waals surface area contributed by atoms with E-state index in [1.165, 1.54) is 0 Å². The Morgan fingerprint density at radius 1 is 0.943 bits per heavy atom. The van der Waals surface area contributed by atoms with Gasteiger partial charge in [-0.25, -0.2) is 15.0 Å². The highest BCUT2D eigenvalue weighted by Crippen LogP contribution is 2.33. The minimum atomic E-state index is -0.943. The van der Waals surface area contributed by atoms with Gasteiger partial charge in [-0.15, -0.1) is 0 Å². The molecule has 1 aromatic carbocycles. The SMILES string of the molecule is OC1(c2cnc(NC3CCC(Oc4cc(N5CCOCC5)cc5nccnc45)CC3)nc2)COC1. The Balaban J connectivity index is 1.09. The van der Waals surface area contributed by atoms with Crippen LogP contribution in [0.15, 0.2) is 36.9 Å². The Morgan fingerprint density at radius 3 is 2.40 bits per heavy atom. The van der Waals surface area contributed by atoms with Gasteiger partial charge in [0, 0.05) is 61.2 Å². The molecule has 184 valence electrons. The van der Waals surface area contributed by atoms with E-state index in [9.17, 15) is 5.11 Å². The van der Waals surface area contributed by atoms with Crippen LogP contribution in [0, 0.1) is 0 Å². The van der Waals surface area contributed by atoms with Gasteiger partial charge < -0.3 is 29.5 Å². The molecule has 3 aliphatic rings. The summed E-state index contributed by atoms with van der Waals surface area (Å²) in [5.41, 5.74) is 2.51. The summed E-state index contributed by atoms with van der Waals surface area (Å²) >= 11 is 0. The number of ether oxygens (including phenoxy) is 3. The van der Waals surface area contributed by atoms with Crippen molar-refractivity contribution in [1.29, 1.82) is 0 Å². The summed E-state index contributed by atoms with van der Waals surface area (Å²) in [6.45, 7) is 3.77. The van der Waals surface area contributed by atoms with E-state index in [-0.39, 0.29) is 12.1 Å². The van der Waals surface area contributed by atoms with Crippen LogP contribution in [0.4, 0.5) is 11.6 Å². The molecule has 1 saturated carbocycles. The summed E-state index contributed by atoms with van der Waals surface area (Å²) in [7, 11) is 0. The van der Waals surface area contributed by atoms with Gasteiger partial charge in [-0.2, -0.15) is 0 Å². The molecule has 0 spiro atoms. The predicted molar refractivity (Wildman–Crippen MR) is 130 cm³/mol. The molecule has 0 bridgehead atoms. The third kappa shape index (κ3) is 4.73. The molecule has 35 heavy (non-hydrogen) atoms. The lowest BCUT2D eigenvalue weighted by Gasteiger charge is -2.36. The number of anilines is 2. The molecule has 2 saturated heterocycles. The Morgan fingerprint density at radius 2 is 1.69 bits per heavy atom.